The van der Waals surface area contributed by atoms with Crippen LogP contribution in [0.5, 0.6) is 11.5 Å². The topological polar surface area (TPSA) is 99.1 Å². The number of piperidine rings is 1. The first-order chi connectivity index (χ1) is 19.4. The van der Waals surface area contributed by atoms with Crippen molar-refractivity contribution in [2.45, 2.75) is 57.4 Å². The van der Waals surface area contributed by atoms with Gasteiger partial charge in [-0.25, -0.2) is 0 Å². The van der Waals surface area contributed by atoms with Crippen molar-refractivity contribution in [3.8, 4) is 11.5 Å². The lowest BCUT2D eigenvalue weighted by Gasteiger charge is -2.34. The summed E-state index contributed by atoms with van der Waals surface area (Å²) in [6, 6.07) is 12.9. The lowest BCUT2D eigenvalue weighted by Crippen LogP contribution is -2.40. The summed E-state index contributed by atoms with van der Waals surface area (Å²) in [7, 11) is 0. The Kier molecular flexibility index (Phi) is 8.78. The average molecular weight is 545 g/mol. The Morgan fingerprint density at radius 2 is 1.88 bits per heavy atom. The maximum Gasteiger partial charge on any atom is 0.303 e. The maximum absolute atomic E-state index is 13.3. The zero-order valence-corrected chi connectivity index (χ0v) is 23.2. The molecule has 1 saturated carbocycles. The number of nitrogens with one attached hydrogen (secondary N) is 1. The number of allylic oxidation sites excluding steroid dienone is 3. The van der Waals surface area contributed by atoms with E-state index in [9.17, 15) is 19.8 Å². The fourth-order valence-corrected chi connectivity index (χ4v) is 5.97. The minimum absolute atomic E-state index is 0.000391. The molecule has 0 radical (unpaired) electrons. The van der Waals surface area contributed by atoms with Gasteiger partial charge in [0.2, 0.25) is 0 Å². The SMILES string of the molecule is C[C@@H](NC(=O)c1ccc(O)cc1N1CCC(COc2cccc(C(CC(=O)O)C3CC3)c2)CC1)C1C=CC=CC1. The number of amides is 1. The molecule has 0 bridgehead atoms. The molecule has 1 heterocycles. The summed E-state index contributed by atoms with van der Waals surface area (Å²) in [6.45, 7) is 4.17. The van der Waals surface area contributed by atoms with E-state index in [4.69, 9.17) is 4.74 Å². The Hall–Kier alpha value is -3.74. The van der Waals surface area contributed by atoms with Crippen LogP contribution in [0.2, 0.25) is 0 Å². The molecule has 0 spiro atoms. The van der Waals surface area contributed by atoms with Crippen molar-refractivity contribution in [1.29, 1.82) is 0 Å². The van der Waals surface area contributed by atoms with Gasteiger partial charge in [0.05, 0.1) is 24.3 Å². The summed E-state index contributed by atoms with van der Waals surface area (Å²) in [6.07, 6.45) is 13.4. The highest BCUT2D eigenvalue weighted by Gasteiger charge is 2.34. The minimum Gasteiger partial charge on any atom is -0.508 e. The van der Waals surface area contributed by atoms with E-state index in [1.165, 1.54) is 0 Å². The largest absolute Gasteiger partial charge is 0.508 e. The fraction of sp³-hybridized carbons (Fsp3) is 0.455. The van der Waals surface area contributed by atoms with Gasteiger partial charge in [0, 0.05) is 31.1 Å². The molecule has 3 aliphatic rings. The number of ether oxygens (including phenoxy) is 1. The van der Waals surface area contributed by atoms with Gasteiger partial charge in [-0.05, 0) is 86.6 Å². The molecule has 7 heteroatoms. The number of benzene rings is 2. The zero-order valence-electron chi connectivity index (χ0n) is 23.2. The molecule has 2 unspecified atom stereocenters. The van der Waals surface area contributed by atoms with Crippen LogP contribution in [0.15, 0.2) is 66.8 Å². The molecule has 2 aromatic rings. The molecule has 212 valence electrons. The number of carboxylic acids is 1. The van der Waals surface area contributed by atoms with E-state index in [1.54, 1.807) is 18.2 Å². The third-order valence-electron chi connectivity index (χ3n) is 8.55. The number of nitrogens with zero attached hydrogens (tertiary/aromatic N) is 1. The Balaban J connectivity index is 1.16. The molecule has 40 heavy (non-hydrogen) atoms. The number of anilines is 1. The lowest BCUT2D eigenvalue weighted by atomic mass is 9.91. The summed E-state index contributed by atoms with van der Waals surface area (Å²) in [5.41, 5.74) is 2.40. The van der Waals surface area contributed by atoms with Crippen molar-refractivity contribution in [3.63, 3.8) is 0 Å². The first-order valence-electron chi connectivity index (χ1n) is 14.5. The first-order valence-corrected chi connectivity index (χ1v) is 14.5. The first kappa shape index (κ1) is 27.8. The second-order valence-corrected chi connectivity index (χ2v) is 11.5. The van der Waals surface area contributed by atoms with Crippen molar-refractivity contribution >= 4 is 17.6 Å². The smallest absolute Gasteiger partial charge is 0.303 e. The van der Waals surface area contributed by atoms with Crippen molar-refractivity contribution in [1.82, 2.24) is 5.32 Å². The van der Waals surface area contributed by atoms with Gasteiger partial charge < -0.3 is 25.2 Å². The number of aromatic hydroxyl groups is 1. The standard InChI is InChI=1S/C33H40N2O5/c1-22(24-6-3-2-4-7-24)34-33(39)29-13-12-27(36)19-31(29)35-16-14-23(15-17-35)21-40-28-9-5-8-26(18-28)30(20-32(37)38)25-10-11-25/h2-6,8-9,12-13,18-19,22-25,30,36H,7,10-11,14-17,20-21H2,1H3,(H,34,39)(H,37,38)/t22-,24?,30?/m1/s1. The van der Waals surface area contributed by atoms with Gasteiger partial charge >= 0.3 is 5.97 Å². The number of phenolic OH excluding ortho intramolecular Hbond substituents is 1. The Bertz CT molecular complexity index is 1260. The van der Waals surface area contributed by atoms with Crippen LogP contribution in [0.1, 0.15) is 67.3 Å². The van der Waals surface area contributed by atoms with Gasteiger partial charge in [-0.1, -0.05) is 36.4 Å². The summed E-state index contributed by atoms with van der Waals surface area (Å²) >= 11 is 0. The predicted molar refractivity (Wildman–Crippen MR) is 156 cm³/mol. The number of hydrogen-bond donors (Lipinski definition) is 3. The van der Waals surface area contributed by atoms with Gasteiger partial charge in [0.25, 0.3) is 5.91 Å². The van der Waals surface area contributed by atoms with E-state index in [0.29, 0.717) is 24.0 Å². The highest BCUT2D eigenvalue weighted by Crippen LogP contribution is 2.45. The fourth-order valence-electron chi connectivity index (χ4n) is 5.97. The summed E-state index contributed by atoms with van der Waals surface area (Å²) < 4.78 is 6.18. The van der Waals surface area contributed by atoms with E-state index in [2.05, 4.69) is 22.4 Å². The summed E-state index contributed by atoms with van der Waals surface area (Å²) in [4.78, 5) is 26.8. The summed E-state index contributed by atoms with van der Waals surface area (Å²) in [5, 5.41) is 22.7. The van der Waals surface area contributed by atoms with Crippen LogP contribution in [0, 0.1) is 17.8 Å². The highest BCUT2D eigenvalue weighted by atomic mass is 16.5. The van der Waals surface area contributed by atoms with Crippen LogP contribution in [0.3, 0.4) is 0 Å². The molecule has 3 N–H and O–H groups in total. The van der Waals surface area contributed by atoms with E-state index >= 15 is 0 Å². The molecule has 2 aliphatic carbocycles. The van der Waals surface area contributed by atoms with Crippen molar-refractivity contribution < 1.29 is 24.5 Å². The Morgan fingerprint density at radius 1 is 1.07 bits per heavy atom. The van der Waals surface area contributed by atoms with Crippen LogP contribution in [-0.2, 0) is 4.79 Å². The number of carboxylic acid groups (broad SMARTS) is 1. The van der Waals surface area contributed by atoms with Crippen molar-refractivity contribution in [2.24, 2.45) is 17.8 Å². The van der Waals surface area contributed by atoms with Crippen LogP contribution >= 0.6 is 0 Å². The molecule has 3 atom stereocenters. The predicted octanol–water partition coefficient (Wildman–Crippen LogP) is 5.91. The van der Waals surface area contributed by atoms with E-state index in [-0.39, 0.29) is 36.0 Å². The normalized spacial score (nSPS) is 20.6. The van der Waals surface area contributed by atoms with E-state index in [0.717, 1.165) is 62.2 Å². The number of carbonyl (C=O) groups excluding carboxylic acids is 1. The van der Waals surface area contributed by atoms with Crippen LogP contribution in [0.25, 0.3) is 0 Å². The molecule has 1 aliphatic heterocycles. The van der Waals surface area contributed by atoms with E-state index in [1.807, 2.05) is 43.3 Å². The third-order valence-corrected chi connectivity index (χ3v) is 8.55. The van der Waals surface area contributed by atoms with Gasteiger partial charge in [-0.3, -0.25) is 9.59 Å². The van der Waals surface area contributed by atoms with Gasteiger partial charge in [0.15, 0.2) is 0 Å². The second kappa shape index (κ2) is 12.6. The molecule has 2 fully saturated rings. The number of rotatable bonds is 11. The number of phenols is 1. The maximum atomic E-state index is 13.3. The molecule has 7 nitrogen and oxygen atoms in total. The van der Waals surface area contributed by atoms with Crippen molar-refractivity contribution in [3.05, 3.63) is 77.9 Å². The average Bonchev–Trinajstić information content (AvgIpc) is 3.81. The number of aliphatic carboxylic acids is 1. The molecule has 0 aromatic heterocycles. The molecular weight excluding hydrogens is 504 g/mol. The molecule has 5 rings (SSSR count). The molecule has 1 amide bonds. The summed E-state index contributed by atoms with van der Waals surface area (Å²) in [5.74, 6) is 1.22. The van der Waals surface area contributed by atoms with Crippen LogP contribution in [0.4, 0.5) is 5.69 Å². The molecule has 1 saturated heterocycles. The molecule has 2 aromatic carbocycles. The number of hydrogen-bond acceptors (Lipinski definition) is 5. The minimum atomic E-state index is -0.754. The quantitative estimate of drug-likeness (QED) is 0.325. The van der Waals surface area contributed by atoms with Crippen molar-refractivity contribution in [2.75, 3.05) is 24.6 Å². The third kappa shape index (κ3) is 7.06. The second-order valence-electron chi connectivity index (χ2n) is 11.5. The highest BCUT2D eigenvalue weighted by molar-refractivity contribution is 6.00. The lowest BCUT2D eigenvalue weighted by molar-refractivity contribution is -0.137. The monoisotopic (exact) mass is 544 g/mol. The number of carbonyl (C=O) groups is 2. The molecular formula is C33H40N2O5. The van der Waals surface area contributed by atoms with Gasteiger partial charge in [-0.15, -0.1) is 0 Å². The van der Waals surface area contributed by atoms with Crippen LogP contribution in [-0.4, -0.2) is 47.8 Å². The zero-order chi connectivity index (χ0) is 28.1. The van der Waals surface area contributed by atoms with E-state index < -0.39 is 5.97 Å². The van der Waals surface area contributed by atoms with Gasteiger partial charge in [-0.2, -0.15) is 0 Å². The van der Waals surface area contributed by atoms with Crippen LogP contribution < -0.4 is 15.0 Å². The Morgan fingerprint density at radius 3 is 2.58 bits per heavy atom. The van der Waals surface area contributed by atoms with Gasteiger partial charge in [0.1, 0.15) is 11.5 Å². The Labute approximate surface area is 236 Å².